The molecule has 3 aliphatic carbocycles. The topological polar surface area (TPSA) is 308 Å². The molecule has 8 rings (SSSR count). The molecule has 0 radical (unpaired) electrons. The molecule has 76 heavy (non-hydrogen) atoms. The predicted octanol–water partition coefficient (Wildman–Crippen LogP) is 5.71. The zero-order valence-corrected chi connectivity index (χ0v) is 43.1. The summed E-state index contributed by atoms with van der Waals surface area (Å²) in [4.78, 5) is 146. The SMILES string of the molecule is CCOC(=O)O[C@@H](C(=O)O[C@@H]1C(C)=C2[C@@H](CC(C)=O)C(=O)[C@]3(C)[C@@H](OCOP(=O)(O)O)C[C@H]4OO[C@@]4(OC(C)=O)[C@H]3[C@H](OC(=O)c3ccccc3)[C@@]3(OC(=O)O[C@@H]13)C2(C)C)[C@@H](NC(=O)c1ccccc1)c1ccccc1. The van der Waals surface area contributed by atoms with Crippen LogP contribution in [-0.2, 0) is 75.9 Å². The first-order valence-electron chi connectivity index (χ1n) is 24.1. The van der Waals surface area contributed by atoms with Crippen LogP contribution in [0.3, 0.4) is 0 Å². The average Bonchev–Trinajstić information content (AvgIpc) is 3.74. The number of esters is 3. The second-order valence-corrected chi connectivity index (χ2v) is 20.8. The summed E-state index contributed by atoms with van der Waals surface area (Å²) in [6.07, 6.45) is -15.0. The molecule has 2 aliphatic heterocycles. The van der Waals surface area contributed by atoms with E-state index < -0.39 is 152 Å². The number of hydrogen-bond donors (Lipinski definition) is 3. The quantitative estimate of drug-likeness (QED) is 0.0364. The summed E-state index contributed by atoms with van der Waals surface area (Å²) in [7, 11) is -5.24. The highest BCUT2D eigenvalue weighted by Crippen LogP contribution is 2.68. The molecule has 3 aromatic rings. The molecule has 406 valence electrons. The summed E-state index contributed by atoms with van der Waals surface area (Å²) < 4.78 is 65.1. The zero-order valence-electron chi connectivity index (χ0n) is 42.2. The predicted molar refractivity (Wildman–Crippen MR) is 254 cm³/mol. The Morgan fingerprint density at radius 2 is 1.49 bits per heavy atom. The van der Waals surface area contributed by atoms with E-state index in [9.17, 15) is 43.1 Å². The lowest BCUT2D eigenvalue weighted by Crippen LogP contribution is -2.82. The number of phosphoric ester groups is 1. The average molecular weight is 1080 g/mol. The van der Waals surface area contributed by atoms with Crippen LogP contribution in [0.5, 0.6) is 0 Å². The van der Waals surface area contributed by atoms with Crippen LogP contribution in [-0.4, -0.2) is 119 Å². The van der Waals surface area contributed by atoms with Crippen molar-refractivity contribution < 1.29 is 105 Å². The van der Waals surface area contributed by atoms with Gasteiger partial charge in [0.1, 0.15) is 17.6 Å². The third kappa shape index (κ3) is 9.91. The minimum Gasteiger partial charge on any atom is -0.454 e. The Morgan fingerprint density at radius 1 is 0.868 bits per heavy atom. The molecule has 23 nitrogen and oxygen atoms in total. The Balaban J connectivity index is 1.38. The Bertz CT molecular complexity index is 2860. The van der Waals surface area contributed by atoms with Crippen molar-refractivity contribution in [3.63, 3.8) is 0 Å². The second kappa shape index (κ2) is 21.3. The normalized spacial score (nSPS) is 29.8. The van der Waals surface area contributed by atoms with E-state index in [0.717, 1.165) is 6.92 Å². The maximum atomic E-state index is 16.3. The third-order valence-corrected chi connectivity index (χ3v) is 15.2. The van der Waals surface area contributed by atoms with Crippen molar-refractivity contribution in [2.45, 2.75) is 115 Å². The Labute approximate surface area is 434 Å². The number of ether oxygens (including phenoxy) is 8. The lowest BCUT2D eigenvalue weighted by Gasteiger charge is -2.66. The molecule has 1 spiro atoms. The van der Waals surface area contributed by atoms with E-state index in [4.69, 9.17) is 47.7 Å². The smallest absolute Gasteiger partial charge is 0.454 e. The summed E-state index contributed by atoms with van der Waals surface area (Å²) in [6, 6.07) is 21.7. The van der Waals surface area contributed by atoms with Crippen molar-refractivity contribution in [1.82, 2.24) is 5.32 Å². The van der Waals surface area contributed by atoms with Gasteiger partial charge in [-0.15, -0.1) is 0 Å². The van der Waals surface area contributed by atoms with Crippen molar-refractivity contribution in [2.24, 2.45) is 22.7 Å². The number of phosphoric acid groups is 1. The number of Topliss-reactive ketones (excluding diaryl/α,β-unsaturated/α-hetero) is 2. The number of carbonyl (C=O) groups excluding carboxylic acids is 8. The Kier molecular flexibility index (Phi) is 15.5. The summed E-state index contributed by atoms with van der Waals surface area (Å²) in [5.74, 6) is -11.7. The van der Waals surface area contributed by atoms with Crippen molar-refractivity contribution in [3.05, 3.63) is 119 Å². The highest BCUT2D eigenvalue weighted by molar-refractivity contribution is 7.46. The van der Waals surface area contributed by atoms with Crippen molar-refractivity contribution >= 4 is 55.5 Å². The zero-order chi connectivity index (χ0) is 55.1. The second-order valence-electron chi connectivity index (χ2n) is 19.6. The van der Waals surface area contributed by atoms with Gasteiger partial charge in [-0.2, -0.15) is 4.89 Å². The number of carbonyl (C=O) groups is 8. The molecule has 2 saturated heterocycles. The van der Waals surface area contributed by atoms with E-state index in [1.54, 1.807) is 54.6 Å². The first-order valence-corrected chi connectivity index (χ1v) is 25.6. The number of amides is 1. The van der Waals surface area contributed by atoms with E-state index in [1.807, 2.05) is 0 Å². The lowest BCUT2D eigenvalue weighted by molar-refractivity contribution is -0.595. The van der Waals surface area contributed by atoms with Crippen molar-refractivity contribution in [2.75, 3.05) is 13.4 Å². The van der Waals surface area contributed by atoms with Gasteiger partial charge < -0.3 is 53.0 Å². The molecule has 3 aromatic carbocycles. The minimum atomic E-state index is -5.24. The van der Waals surface area contributed by atoms with E-state index >= 15 is 9.59 Å². The van der Waals surface area contributed by atoms with Crippen LogP contribution in [0.25, 0.3) is 0 Å². The summed E-state index contributed by atoms with van der Waals surface area (Å²) in [6.45, 7) is 8.12. The monoisotopic (exact) mass is 1080 g/mol. The number of ketones is 2. The molecule has 2 saturated carbocycles. The van der Waals surface area contributed by atoms with Crippen molar-refractivity contribution in [3.8, 4) is 0 Å². The first kappa shape index (κ1) is 55.4. The standard InChI is InChI=1S/C52H56NO22P/c1-8-65-47(60)69-39(37(30-18-12-9-13-19-30)53-44(57)31-20-14-10-15-21-31)46(59)68-38-28(3)36-33(24-27(2)54)41(56)50(7)34(66-26-67-76(62,63)64)25-35-52(75-74-35,72-29(4)55)40(50)43(70-45(58)32-22-16-11-17-23-32)51(49(36,5)6)42(38)71-48(61)73-51/h9-23,33-35,37-40,42-43H,8,24-26H2,1-7H3,(H,53,57)(H2,62,63,64)/t33-,34+,35-,37+,38-,39-,40+,42+,43+,50-,51-,52-/m1/s1. The molecule has 5 aliphatic rings. The van der Waals surface area contributed by atoms with Gasteiger partial charge in [0.2, 0.25) is 11.7 Å². The van der Waals surface area contributed by atoms with Gasteiger partial charge in [-0.05, 0) is 68.7 Å². The number of benzene rings is 3. The summed E-state index contributed by atoms with van der Waals surface area (Å²) in [5, 5.41) is 2.76. The fourth-order valence-corrected chi connectivity index (χ4v) is 11.9. The highest BCUT2D eigenvalue weighted by Gasteiger charge is 2.84. The number of hydrogen-bond acceptors (Lipinski definition) is 20. The van der Waals surface area contributed by atoms with Crippen LogP contribution in [0.15, 0.2) is 102 Å². The van der Waals surface area contributed by atoms with E-state index in [0.29, 0.717) is 0 Å². The molecule has 3 N–H and O–H groups in total. The fraction of sp³-hybridized carbons (Fsp3) is 0.462. The van der Waals surface area contributed by atoms with Crippen LogP contribution in [0.1, 0.15) is 93.6 Å². The summed E-state index contributed by atoms with van der Waals surface area (Å²) in [5.41, 5.74) is -6.41. The largest absolute Gasteiger partial charge is 0.509 e. The number of nitrogens with one attached hydrogen (secondary N) is 1. The van der Waals surface area contributed by atoms with Gasteiger partial charge in [0.15, 0.2) is 31.2 Å². The van der Waals surface area contributed by atoms with Gasteiger partial charge in [0, 0.05) is 36.7 Å². The molecule has 12 atom stereocenters. The third-order valence-electron chi connectivity index (χ3n) is 14.8. The molecule has 4 fully saturated rings. The van der Waals surface area contributed by atoms with Gasteiger partial charge >= 0.3 is 38.0 Å². The molecule has 1 amide bonds. The summed E-state index contributed by atoms with van der Waals surface area (Å²) >= 11 is 0. The van der Waals surface area contributed by atoms with Crippen LogP contribution < -0.4 is 5.32 Å². The molecular weight excluding hydrogens is 1020 g/mol. The van der Waals surface area contributed by atoms with Crippen LogP contribution >= 0.6 is 7.82 Å². The van der Waals surface area contributed by atoms with Crippen LogP contribution in [0, 0.1) is 22.7 Å². The van der Waals surface area contributed by atoms with E-state index in [2.05, 4.69) is 9.84 Å². The molecule has 0 aromatic heterocycles. The Hall–Kier alpha value is -6.85. The van der Waals surface area contributed by atoms with E-state index in [1.165, 1.54) is 77.9 Å². The molecular formula is C52H56NO22P. The molecule has 2 bridgehead atoms. The van der Waals surface area contributed by atoms with E-state index in [-0.39, 0.29) is 34.4 Å². The van der Waals surface area contributed by atoms with Crippen LogP contribution in [0.4, 0.5) is 9.59 Å². The molecule has 0 unspecified atom stereocenters. The van der Waals surface area contributed by atoms with Gasteiger partial charge in [0.25, 0.3) is 11.7 Å². The minimum absolute atomic E-state index is 0.00000840. The number of fused-ring (bicyclic) bond motifs is 4. The number of rotatable bonds is 17. The maximum absolute atomic E-state index is 16.3. The van der Waals surface area contributed by atoms with Gasteiger partial charge in [-0.3, -0.25) is 23.7 Å². The van der Waals surface area contributed by atoms with Crippen LogP contribution in [0.2, 0.25) is 0 Å². The van der Waals surface area contributed by atoms with Gasteiger partial charge in [-0.25, -0.2) is 28.6 Å². The first-order chi connectivity index (χ1) is 35.9. The lowest BCUT2D eigenvalue weighted by atomic mass is 9.44. The van der Waals surface area contributed by atoms with Crippen molar-refractivity contribution in [1.29, 1.82) is 0 Å². The van der Waals surface area contributed by atoms with Gasteiger partial charge in [0.05, 0.1) is 29.6 Å². The molecule has 2 heterocycles. The van der Waals surface area contributed by atoms with Gasteiger partial charge in [-0.1, -0.05) is 80.6 Å². The Morgan fingerprint density at radius 3 is 2.05 bits per heavy atom. The fourth-order valence-electron chi connectivity index (χ4n) is 11.7. The highest BCUT2D eigenvalue weighted by atomic mass is 31.2. The maximum Gasteiger partial charge on any atom is 0.509 e. The molecule has 24 heteroatoms.